The Labute approximate surface area is 121 Å². The lowest BCUT2D eigenvalue weighted by atomic mass is 9.86. The number of hydrogen-bond acceptors (Lipinski definition) is 4. The van der Waals surface area contributed by atoms with Crippen molar-refractivity contribution in [2.45, 2.75) is 30.6 Å². The summed E-state index contributed by atoms with van der Waals surface area (Å²) >= 11 is 0. The van der Waals surface area contributed by atoms with Gasteiger partial charge in [0.2, 0.25) is 10.0 Å². The lowest BCUT2D eigenvalue weighted by Gasteiger charge is -2.28. The molecule has 1 fully saturated rings. The summed E-state index contributed by atoms with van der Waals surface area (Å²) in [4.78, 5) is 0.285. The third kappa shape index (κ3) is 3.13. The van der Waals surface area contributed by atoms with Crippen molar-refractivity contribution in [1.29, 1.82) is 0 Å². The van der Waals surface area contributed by atoms with E-state index in [1.165, 1.54) is 19.9 Å². The highest BCUT2D eigenvalue weighted by molar-refractivity contribution is 7.89. The van der Waals surface area contributed by atoms with Crippen molar-refractivity contribution >= 4 is 15.7 Å². The summed E-state index contributed by atoms with van der Waals surface area (Å²) in [7, 11) is -2.02. The van der Waals surface area contributed by atoms with Crippen LogP contribution >= 0.6 is 0 Å². The zero-order valence-corrected chi connectivity index (χ0v) is 12.7. The SMILES string of the molecule is CNS(=O)(=O)c1ccccc1NCC1(CN)CCCC1. The summed E-state index contributed by atoms with van der Waals surface area (Å²) in [6, 6.07) is 6.96. The van der Waals surface area contributed by atoms with Crippen molar-refractivity contribution < 1.29 is 8.42 Å². The minimum atomic E-state index is -3.44. The van der Waals surface area contributed by atoms with E-state index in [0.717, 1.165) is 19.4 Å². The number of nitrogens with two attached hydrogens (primary N) is 1. The Bertz CT molecular complexity index is 551. The predicted octanol–water partition coefficient (Wildman–Crippen LogP) is 1.53. The Kier molecular flexibility index (Phi) is 4.67. The van der Waals surface area contributed by atoms with Crippen LogP contribution in [0, 0.1) is 5.41 Å². The third-order valence-electron chi connectivity index (χ3n) is 4.20. The lowest BCUT2D eigenvalue weighted by molar-refractivity contribution is 0.332. The van der Waals surface area contributed by atoms with E-state index in [1.807, 2.05) is 6.07 Å². The molecule has 0 spiro atoms. The molecule has 0 aromatic heterocycles. The largest absolute Gasteiger partial charge is 0.383 e. The molecule has 4 N–H and O–H groups in total. The first-order valence-electron chi connectivity index (χ1n) is 6.99. The molecular weight excluding hydrogens is 274 g/mol. The van der Waals surface area contributed by atoms with E-state index < -0.39 is 10.0 Å². The van der Waals surface area contributed by atoms with Crippen LogP contribution in [-0.4, -0.2) is 28.6 Å². The van der Waals surface area contributed by atoms with Gasteiger partial charge in [-0.2, -0.15) is 0 Å². The van der Waals surface area contributed by atoms with Gasteiger partial charge >= 0.3 is 0 Å². The number of nitrogens with one attached hydrogen (secondary N) is 2. The number of para-hydroxylation sites is 1. The number of anilines is 1. The smallest absolute Gasteiger partial charge is 0.242 e. The highest BCUT2D eigenvalue weighted by Crippen LogP contribution is 2.37. The van der Waals surface area contributed by atoms with E-state index in [0.29, 0.717) is 12.2 Å². The minimum absolute atomic E-state index is 0.108. The molecule has 0 unspecified atom stereocenters. The highest BCUT2D eigenvalue weighted by Gasteiger charge is 2.32. The monoisotopic (exact) mass is 297 g/mol. The zero-order valence-electron chi connectivity index (χ0n) is 11.9. The quantitative estimate of drug-likeness (QED) is 0.743. The molecule has 1 aliphatic rings. The molecule has 1 aromatic rings. The van der Waals surface area contributed by atoms with Gasteiger partial charge in [0.05, 0.1) is 5.69 Å². The molecule has 0 saturated heterocycles. The molecule has 1 aliphatic carbocycles. The molecule has 0 radical (unpaired) electrons. The molecule has 2 rings (SSSR count). The molecule has 1 aromatic carbocycles. The second kappa shape index (κ2) is 6.11. The third-order valence-corrected chi connectivity index (χ3v) is 5.67. The average Bonchev–Trinajstić information content (AvgIpc) is 2.95. The Morgan fingerprint density at radius 2 is 1.90 bits per heavy atom. The van der Waals surface area contributed by atoms with Crippen LogP contribution in [-0.2, 0) is 10.0 Å². The molecule has 20 heavy (non-hydrogen) atoms. The second-order valence-electron chi connectivity index (χ2n) is 5.47. The minimum Gasteiger partial charge on any atom is -0.383 e. The van der Waals surface area contributed by atoms with Gasteiger partial charge in [-0.3, -0.25) is 0 Å². The van der Waals surface area contributed by atoms with Crippen molar-refractivity contribution in [3.05, 3.63) is 24.3 Å². The normalized spacial score (nSPS) is 18.1. The topological polar surface area (TPSA) is 84.2 Å². The van der Waals surface area contributed by atoms with E-state index in [-0.39, 0.29) is 10.3 Å². The Balaban J connectivity index is 2.18. The molecule has 0 heterocycles. The van der Waals surface area contributed by atoms with Gasteiger partial charge in [-0.05, 0) is 44.0 Å². The van der Waals surface area contributed by atoms with Gasteiger partial charge in [-0.25, -0.2) is 13.1 Å². The summed E-state index contributed by atoms with van der Waals surface area (Å²) in [6.07, 6.45) is 4.62. The fraction of sp³-hybridized carbons (Fsp3) is 0.571. The van der Waals surface area contributed by atoms with E-state index >= 15 is 0 Å². The standard InChI is InChI=1S/C14H23N3O2S/c1-16-20(18,19)13-7-3-2-6-12(13)17-11-14(10-15)8-4-5-9-14/h2-3,6-7,16-17H,4-5,8-11,15H2,1H3. The predicted molar refractivity (Wildman–Crippen MR) is 81.1 cm³/mol. The fourth-order valence-corrected chi connectivity index (χ4v) is 3.73. The number of sulfonamides is 1. The van der Waals surface area contributed by atoms with Crippen molar-refractivity contribution in [3.63, 3.8) is 0 Å². The number of rotatable bonds is 6. The molecule has 0 atom stereocenters. The van der Waals surface area contributed by atoms with Gasteiger partial charge in [-0.1, -0.05) is 25.0 Å². The Morgan fingerprint density at radius 1 is 1.25 bits per heavy atom. The fourth-order valence-electron chi connectivity index (χ4n) is 2.82. The molecule has 6 heteroatoms. The first kappa shape index (κ1) is 15.3. The van der Waals surface area contributed by atoms with Crippen LogP contribution in [0.4, 0.5) is 5.69 Å². The molecule has 0 amide bonds. The van der Waals surface area contributed by atoms with Gasteiger partial charge < -0.3 is 11.1 Å². The first-order chi connectivity index (χ1) is 9.53. The van der Waals surface area contributed by atoms with Gasteiger partial charge in [0.15, 0.2) is 0 Å². The van der Waals surface area contributed by atoms with E-state index in [4.69, 9.17) is 5.73 Å². The van der Waals surface area contributed by atoms with Crippen molar-refractivity contribution in [3.8, 4) is 0 Å². The van der Waals surface area contributed by atoms with Gasteiger partial charge in [0.25, 0.3) is 0 Å². The maximum atomic E-state index is 12.0. The van der Waals surface area contributed by atoms with E-state index in [2.05, 4.69) is 10.0 Å². The number of hydrogen-bond donors (Lipinski definition) is 3. The van der Waals surface area contributed by atoms with Crippen LogP contribution in [0.5, 0.6) is 0 Å². The summed E-state index contributed by atoms with van der Waals surface area (Å²) < 4.78 is 26.3. The summed E-state index contributed by atoms with van der Waals surface area (Å²) in [5, 5.41) is 3.29. The molecule has 0 aliphatic heterocycles. The Morgan fingerprint density at radius 3 is 2.50 bits per heavy atom. The second-order valence-corrected chi connectivity index (χ2v) is 7.32. The van der Waals surface area contributed by atoms with Crippen LogP contribution < -0.4 is 15.8 Å². The average molecular weight is 297 g/mol. The van der Waals surface area contributed by atoms with Gasteiger partial charge in [-0.15, -0.1) is 0 Å². The van der Waals surface area contributed by atoms with Crippen LogP contribution in [0.2, 0.25) is 0 Å². The maximum Gasteiger partial charge on any atom is 0.242 e. The molecule has 112 valence electrons. The zero-order chi connectivity index (χ0) is 14.6. The Hall–Kier alpha value is -1.11. The maximum absolute atomic E-state index is 12.0. The van der Waals surface area contributed by atoms with Crippen molar-refractivity contribution in [2.24, 2.45) is 11.1 Å². The summed E-state index contributed by atoms with van der Waals surface area (Å²) in [5.74, 6) is 0. The molecule has 1 saturated carbocycles. The number of benzene rings is 1. The molecule has 5 nitrogen and oxygen atoms in total. The van der Waals surface area contributed by atoms with Crippen molar-refractivity contribution in [2.75, 3.05) is 25.5 Å². The first-order valence-corrected chi connectivity index (χ1v) is 8.48. The highest BCUT2D eigenvalue weighted by atomic mass is 32.2. The van der Waals surface area contributed by atoms with E-state index in [9.17, 15) is 8.42 Å². The molecule has 0 bridgehead atoms. The van der Waals surface area contributed by atoms with Crippen LogP contribution in [0.1, 0.15) is 25.7 Å². The lowest BCUT2D eigenvalue weighted by Crippen LogP contribution is -2.35. The summed E-state index contributed by atoms with van der Waals surface area (Å²) in [5.41, 5.74) is 6.66. The molecular formula is C14H23N3O2S. The van der Waals surface area contributed by atoms with Crippen LogP contribution in [0.25, 0.3) is 0 Å². The van der Waals surface area contributed by atoms with Crippen LogP contribution in [0.3, 0.4) is 0 Å². The van der Waals surface area contributed by atoms with Crippen molar-refractivity contribution in [1.82, 2.24) is 4.72 Å². The summed E-state index contributed by atoms with van der Waals surface area (Å²) in [6.45, 7) is 1.36. The van der Waals surface area contributed by atoms with E-state index in [1.54, 1.807) is 18.2 Å². The van der Waals surface area contributed by atoms with Crippen LogP contribution in [0.15, 0.2) is 29.2 Å². The van der Waals surface area contributed by atoms with Gasteiger partial charge in [0.1, 0.15) is 4.90 Å². The van der Waals surface area contributed by atoms with Gasteiger partial charge in [0, 0.05) is 6.54 Å².